The fourth-order valence-corrected chi connectivity index (χ4v) is 4.50. The first-order chi connectivity index (χ1) is 16.4. The van der Waals surface area contributed by atoms with Gasteiger partial charge in [-0.05, 0) is 61.2 Å². The lowest BCUT2D eigenvalue weighted by atomic mass is 9.99. The Morgan fingerprint density at radius 1 is 1.06 bits per heavy atom. The minimum atomic E-state index is -0.0935. The molecule has 0 fully saturated rings. The van der Waals surface area contributed by atoms with Gasteiger partial charge < -0.3 is 5.32 Å². The van der Waals surface area contributed by atoms with E-state index in [0.29, 0.717) is 21.9 Å². The number of thioether (sulfide) groups is 1. The summed E-state index contributed by atoms with van der Waals surface area (Å²) in [5.74, 6) is 1.30. The molecule has 1 N–H and O–H groups in total. The van der Waals surface area contributed by atoms with Crippen molar-refractivity contribution >= 4 is 35.0 Å². The van der Waals surface area contributed by atoms with Gasteiger partial charge in [0.25, 0.3) is 0 Å². The normalized spacial score (nSPS) is 11.9. The maximum Gasteiger partial charge on any atom is 0.234 e. The van der Waals surface area contributed by atoms with E-state index in [-0.39, 0.29) is 11.7 Å². The molecule has 1 amide bonds. The van der Waals surface area contributed by atoms with Crippen molar-refractivity contribution in [2.24, 2.45) is 0 Å². The van der Waals surface area contributed by atoms with Gasteiger partial charge in [0.2, 0.25) is 5.91 Å². The molecule has 5 nitrogen and oxygen atoms in total. The van der Waals surface area contributed by atoms with Crippen LogP contribution in [0.2, 0.25) is 5.02 Å². The van der Waals surface area contributed by atoms with Crippen molar-refractivity contribution in [3.8, 4) is 17.1 Å². The first-order valence-corrected chi connectivity index (χ1v) is 12.6. The van der Waals surface area contributed by atoms with E-state index in [2.05, 4.69) is 41.5 Å². The van der Waals surface area contributed by atoms with E-state index in [1.54, 1.807) is 0 Å². The van der Waals surface area contributed by atoms with Crippen LogP contribution >= 0.6 is 23.4 Å². The SMILES string of the molecule is CC[C@H](C)c1ccc(NC(=O)CSc2nnc(-c3cccc(Cl)c3)n2-c2ccc(C)cc2)cc1. The van der Waals surface area contributed by atoms with Crippen LogP contribution in [0.1, 0.15) is 37.3 Å². The van der Waals surface area contributed by atoms with Crippen molar-refractivity contribution < 1.29 is 4.79 Å². The number of aryl methyl sites for hydroxylation is 1. The van der Waals surface area contributed by atoms with Gasteiger partial charge in [0, 0.05) is 22.0 Å². The molecule has 3 aromatic carbocycles. The Hall–Kier alpha value is -3.09. The van der Waals surface area contributed by atoms with Crippen molar-refractivity contribution in [2.75, 3.05) is 11.1 Å². The van der Waals surface area contributed by atoms with Crippen LogP contribution in [0.3, 0.4) is 0 Å². The summed E-state index contributed by atoms with van der Waals surface area (Å²) in [6, 6.07) is 23.7. The first-order valence-electron chi connectivity index (χ1n) is 11.3. The number of nitrogens with one attached hydrogen (secondary N) is 1. The van der Waals surface area contributed by atoms with Crippen molar-refractivity contribution in [1.82, 2.24) is 14.8 Å². The zero-order valence-electron chi connectivity index (χ0n) is 19.5. The van der Waals surface area contributed by atoms with E-state index in [4.69, 9.17) is 11.6 Å². The summed E-state index contributed by atoms with van der Waals surface area (Å²) in [5, 5.41) is 13.1. The highest BCUT2D eigenvalue weighted by atomic mass is 35.5. The summed E-state index contributed by atoms with van der Waals surface area (Å²) in [6.45, 7) is 6.42. The van der Waals surface area contributed by atoms with Gasteiger partial charge in [-0.3, -0.25) is 9.36 Å². The number of carbonyl (C=O) groups excluding carboxylic acids is 1. The molecule has 1 aromatic heterocycles. The molecular formula is C27H27ClN4OS. The molecule has 0 bridgehead atoms. The van der Waals surface area contributed by atoms with Crippen LogP contribution < -0.4 is 5.32 Å². The average Bonchev–Trinajstić information content (AvgIpc) is 3.27. The summed E-state index contributed by atoms with van der Waals surface area (Å²) in [4.78, 5) is 12.7. The number of anilines is 1. The van der Waals surface area contributed by atoms with Crippen molar-refractivity contribution in [1.29, 1.82) is 0 Å². The standard InChI is InChI=1S/C27H27ClN4OS/c1-4-19(3)20-10-12-23(13-11-20)29-25(33)17-34-27-31-30-26(21-6-5-7-22(28)16-21)32(27)24-14-8-18(2)9-15-24/h5-16,19H,4,17H2,1-3H3,(H,29,33)/t19-/m0/s1. The molecule has 34 heavy (non-hydrogen) atoms. The number of hydrogen-bond acceptors (Lipinski definition) is 4. The lowest BCUT2D eigenvalue weighted by molar-refractivity contribution is -0.113. The average molecular weight is 491 g/mol. The topological polar surface area (TPSA) is 59.8 Å². The van der Waals surface area contributed by atoms with E-state index in [9.17, 15) is 4.79 Å². The first kappa shape index (κ1) is 24.0. The predicted molar refractivity (Wildman–Crippen MR) is 141 cm³/mol. The zero-order chi connectivity index (χ0) is 24.1. The molecule has 1 heterocycles. The molecule has 0 saturated carbocycles. The number of hydrogen-bond donors (Lipinski definition) is 1. The molecule has 4 aromatic rings. The van der Waals surface area contributed by atoms with Crippen LogP contribution in [0, 0.1) is 6.92 Å². The largest absolute Gasteiger partial charge is 0.325 e. The van der Waals surface area contributed by atoms with E-state index in [0.717, 1.165) is 28.9 Å². The fourth-order valence-electron chi connectivity index (χ4n) is 3.56. The Labute approximate surface area is 209 Å². The van der Waals surface area contributed by atoms with E-state index < -0.39 is 0 Å². The van der Waals surface area contributed by atoms with Gasteiger partial charge >= 0.3 is 0 Å². The molecule has 0 aliphatic rings. The molecule has 0 saturated heterocycles. The number of benzene rings is 3. The molecule has 7 heteroatoms. The summed E-state index contributed by atoms with van der Waals surface area (Å²) in [7, 11) is 0. The van der Waals surface area contributed by atoms with Gasteiger partial charge in [-0.1, -0.05) is 79.2 Å². The van der Waals surface area contributed by atoms with Gasteiger partial charge in [0.15, 0.2) is 11.0 Å². The predicted octanol–water partition coefficient (Wildman–Crippen LogP) is 7.14. The maximum atomic E-state index is 12.7. The summed E-state index contributed by atoms with van der Waals surface area (Å²) in [6.07, 6.45) is 1.08. The quantitative estimate of drug-likeness (QED) is 0.266. The fraction of sp³-hybridized carbons (Fsp3) is 0.222. The monoisotopic (exact) mass is 490 g/mol. The molecule has 174 valence electrons. The van der Waals surface area contributed by atoms with Crippen LogP contribution in [-0.2, 0) is 4.79 Å². The second-order valence-corrected chi connectivity index (χ2v) is 9.63. The summed E-state index contributed by atoms with van der Waals surface area (Å²) >= 11 is 7.57. The van der Waals surface area contributed by atoms with Crippen LogP contribution in [0.5, 0.6) is 0 Å². The van der Waals surface area contributed by atoms with Gasteiger partial charge in [-0.2, -0.15) is 0 Å². The maximum absolute atomic E-state index is 12.7. The number of rotatable bonds is 8. The molecule has 0 aliphatic carbocycles. The van der Waals surface area contributed by atoms with Crippen molar-refractivity contribution in [3.63, 3.8) is 0 Å². The lowest BCUT2D eigenvalue weighted by Crippen LogP contribution is -2.14. The molecule has 0 spiro atoms. The van der Waals surface area contributed by atoms with Gasteiger partial charge in [-0.15, -0.1) is 10.2 Å². The number of carbonyl (C=O) groups is 1. The number of aromatic nitrogens is 3. The number of amides is 1. The molecule has 4 rings (SSSR count). The Morgan fingerprint density at radius 2 is 1.79 bits per heavy atom. The highest BCUT2D eigenvalue weighted by Gasteiger charge is 2.18. The van der Waals surface area contributed by atoms with Gasteiger partial charge in [0.05, 0.1) is 5.75 Å². The van der Waals surface area contributed by atoms with Crippen LogP contribution in [-0.4, -0.2) is 26.4 Å². The smallest absolute Gasteiger partial charge is 0.234 e. The van der Waals surface area contributed by atoms with Crippen LogP contribution in [0.15, 0.2) is 78.0 Å². The Morgan fingerprint density at radius 3 is 2.47 bits per heavy atom. The molecule has 1 atom stereocenters. The van der Waals surface area contributed by atoms with Crippen molar-refractivity contribution in [2.45, 2.75) is 38.3 Å². The third-order valence-corrected chi connectivity index (χ3v) is 6.88. The van der Waals surface area contributed by atoms with Crippen molar-refractivity contribution in [3.05, 3.63) is 88.9 Å². The Bertz CT molecular complexity index is 1270. The van der Waals surface area contributed by atoms with Gasteiger partial charge in [0.1, 0.15) is 0 Å². The highest BCUT2D eigenvalue weighted by Crippen LogP contribution is 2.29. The summed E-state index contributed by atoms with van der Waals surface area (Å²) < 4.78 is 1.96. The summed E-state index contributed by atoms with van der Waals surface area (Å²) in [5.41, 5.74) is 5.01. The Balaban J connectivity index is 1.53. The molecular weight excluding hydrogens is 464 g/mol. The third kappa shape index (κ3) is 5.69. The van der Waals surface area contributed by atoms with E-state index in [1.165, 1.54) is 17.3 Å². The van der Waals surface area contributed by atoms with E-state index >= 15 is 0 Å². The number of nitrogens with zero attached hydrogens (tertiary/aromatic N) is 3. The lowest BCUT2D eigenvalue weighted by Gasteiger charge is -2.12. The minimum absolute atomic E-state index is 0.0935. The third-order valence-electron chi connectivity index (χ3n) is 5.72. The Kier molecular flexibility index (Phi) is 7.70. The second kappa shape index (κ2) is 10.9. The second-order valence-electron chi connectivity index (χ2n) is 8.26. The minimum Gasteiger partial charge on any atom is -0.325 e. The molecule has 0 unspecified atom stereocenters. The van der Waals surface area contributed by atoms with Gasteiger partial charge in [-0.25, -0.2) is 0 Å². The molecule has 0 radical (unpaired) electrons. The van der Waals surface area contributed by atoms with Crippen LogP contribution in [0.4, 0.5) is 5.69 Å². The highest BCUT2D eigenvalue weighted by molar-refractivity contribution is 7.99. The van der Waals surface area contributed by atoms with Crippen LogP contribution in [0.25, 0.3) is 17.1 Å². The van der Waals surface area contributed by atoms with E-state index in [1.807, 2.05) is 72.2 Å². The number of halogens is 1. The zero-order valence-corrected chi connectivity index (χ0v) is 21.0. The molecule has 0 aliphatic heterocycles.